The summed E-state index contributed by atoms with van der Waals surface area (Å²) in [6.07, 6.45) is 0. The van der Waals surface area contributed by atoms with Crippen molar-refractivity contribution in [2.45, 2.75) is 20.0 Å². The summed E-state index contributed by atoms with van der Waals surface area (Å²) in [6, 6.07) is 4.51. The molecule has 20 heavy (non-hydrogen) atoms. The topological polar surface area (TPSA) is 59.3 Å². The van der Waals surface area contributed by atoms with Crippen molar-refractivity contribution in [1.82, 2.24) is 9.88 Å². The third-order valence-electron chi connectivity index (χ3n) is 2.94. The fourth-order valence-electron chi connectivity index (χ4n) is 1.87. The summed E-state index contributed by atoms with van der Waals surface area (Å²) in [5.74, 6) is 0. The molecule has 0 saturated carbocycles. The lowest BCUT2D eigenvalue weighted by atomic mass is 10.2. The SMILES string of the molecule is Cc1ncsc1CN(C)Cc1cc([N+](=O)[O-])ccc1Cl. The number of nitro groups is 1. The number of nitrogens with zero attached hydrogens (tertiary/aromatic N) is 3. The van der Waals surface area contributed by atoms with Gasteiger partial charge in [0.1, 0.15) is 0 Å². The number of aromatic nitrogens is 1. The van der Waals surface area contributed by atoms with Crippen LogP contribution in [0.4, 0.5) is 5.69 Å². The van der Waals surface area contributed by atoms with Crippen LogP contribution in [-0.4, -0.2) is 21.9 Å². The van der Waals surface area contributed by atoms with Gasteiger partial charge in [-0.05, 0) is 25.6 Å². The first-order chi connectivity index (χ1) is 9.47. The molecule has 1 heterocycles. The quantitative estimate of drug-likeness (QED) is 0.624. The van der Waals surface area contributed by atoms with Crippen LogP contribution in [0, 0.1) is 17.0 Å². The molecule has 0 aliphatic heterocycles. The molecule has 0 aliphatic rings. The van der Waals surface area contributed by atoms with E-state index in [2.05, 4.69) is 9.88 Å². The first kappa shape index (κ1) is 14.9. The molecule has 0 saturated heterocycles. The molecule has 0 fully saturated rings. The maximum Gasteiger partial charge on any atom is 0.269 e. The van der Waals surface area contributed by atoms with Crippen molar-refractivity contribution >= 4 is 28.6 Å². The van der Waals surface area contributed by atoms with Crippen molar-refractivity contribution in [2.75, 3.05) is 7.05 Å². The highest BCUT2D eigenvalue weighted by atomic mass is 35.5. The summed E-state index contributed by atoms with van der Waals surface area (Å²) in [7, 11) is 1.95. The standard InChI is InChI=1S/C13H14ClN3O2S/c1-9-13(20-8-15-9)7-16(2)6-10-5-11(17(18)19)3-4-12(10)14/h3-5,8H,6-7H2,1-2H3. The summed E-state index contributed by atoms with van der Waals surface area (Å²) in [6.45, 7) is 3.27. The Kier molecular flexibility index (Phi) is 4.69. The maximum atomic E-state index is 10.8. The van der Waals surface area contributed by atoms with Crippen molar-refractivity contribution in [1.29, 1.82) is 0 Å². The Bertz CT molecular complexity index is 630. The number of non-ortho nitro benzene ring substituents is 1. The second-order valence-electron chi connectivity index (χ2n) is 4.57. The number of hydrogen-bond donors (Lipinski definition) is 0. The van der Waals surface area contributed by atoms with Crippen molar-refractivity contribution in [3.63, 3.8) is 0 Å². The highest BCUT2D eigenvalue weighted by molar-refractivity contribution is 7.09. The van der Waals surface area contributed by atoms with Gasteiger partial charge in [-0.25, -0.2) is 4.98 Å². The summed E-state index contributed by atoms with van der Waals surface area (Å²) < 4.78 is 0. The van der Waals surface area contributed by atoms with Gasteiger partial charge in [0.05, 0.1) is 16.1 Å². The lowest BCUT2D eigenvalue weighted by molar-refractivity contribution is -0.384. The minimum absolute atomic E-state index is 0.0618. The monoisotopic (exact) mass is 311 g/mol. The second-order valence-corrected chi connectivity index (χ2v) is 5.91. The van der Waals surface area contributed by atoms with Gasteiger partial charge in [-0.2, -0.15) is 0 Å². The minimum Gasteiger partial charge on any atom is -0.297 e. The summed E-state index contributed by atoms with van der Waals surface area (Å²) in [5, 5.41) is 11.3. The van der Waals surface area contributed by atoms with Gasteiger partial charge in [0.2, 0.25) is 0 Å². The molecule has 2 rings (SSSR count). The summed E-state index contributed by atoms with van der Waals surface area (Å²) >= 11 is 7.71. The molecule has 5 nitrogen and oxygen atoms in total. The summed E-state index contributed by atoms with van der Waals surface area (Å²) in [5.41, 5.74) is 3.66. The van der Waals surface area contributed by atoms with E-state index in [1.807, 2.05) is 19.5 Å². The molecule has 0 atom stereocenters. The molecule has 0 aliphatic carbocycles. The average molecular weight is 312 g/mol. The van der Waals surface area contributed by atoms with E-state index in [0.29, 0.717) is 11.6 Å². The van der Waals surface area contributed by atoms with E-state index in [-0.39, 0.29) is 5.69 Å². The number of hydrogen-bond acceptors (Lipinski definition) is 5. The van der Waals surface area contributed by atoms with Crippen molar-refractivity contribution in [2.24, 2.45) is 0 Å². The fraction of sp³-hybridized carbons (Fsp3) is 0.308. The van der Waals surface area contributed by atoms with E-state index < -0.39 is 4.92 Å². The Labute approximate surface area is 126 Å². The van der Waals surface area contributed by atoms with Gasteiger partial charge in [0.15, 0.2) is 0 Å². The normalized spacial score (nSPS) is 11.0. The molecule has 7 heteroatoms. The van der Waals surface area contributed by atoms with Crippen LogP contribution in [0.5, 0.6) is 0 Å². The molecular weight excluding hydrogens is 298 g/mol. The van der Waals surface area contributed by atoms with Crippen LogP contribution in [0.15, 0.2) is 23.7 Å². The third-order valence-corrected chi connectivity index (χ3v) is 4.23. The highest BCUT2D eigenvalue weighted by Gasteiger charge is 2.12. The molecule has 0 N–H and O–H groups in total. The van der Waals surface area contributed by atoms with Crippen LogP contribution in [0.25, 0.3) is 0 Å². The maximum absolute atomic E-state index is 10.8. The molecule has 1 aromatic heterocycles. The zero-order chi connectivity index (χ0) is 14.7. The van der Waals surface area contributed by atoms with E-state index in [4.69, 9.17) is 11.6 Å². The second kappa shape index (κ2) is 6.30. The Balaban J connectivity index is 2.11. The molecule has 0 unspecified atom stereocenters. The first-order valence-electron chi connectivity index (χ1n) is 5.97. The molecular formula is C13H14ClN3O2S. The van der Waals surface area contributed by atoms with Gasteiger partial charge in [-0.3, -0.25) is 15.0 Å². The first-order valence-corrected chi connectivity index (χ1v) is 7.23. The molecule has 0 spiro atoms. The number of benzene rings is 1. The van der Waals surface area contributed by atoms with Crippen molar-refractivity contribution in [3.8, 4) is 0 Å². The van der Waals surface area contributed by atoms with Crippen LogP contribution < -0.4 is 0 Å². The number of thiazole rings is 1. The Morgan fingerprint density at radius 3 is 2.80 bits per heavy atom. The Morgan fingerprint density at radius 1 is 1.45 bits per heavy atom. The zero-order valence-electron chi connectivity index (χ0n) is 11.2. The molecule has 0 bridgehead atoms. The largest absolute Gasteiger partial charge is 0.297 e. The Hall–Kier alpha value is -1.50. The molecule has 2 aromatic rings. The minimum atomic E-state index is -0.410. The summed E-state index contributed by atoms with van der Waals surface area (Å²) in [4.78, 5) is 17.8. The van der Waals surface area contributed by atoms with Gasteiger partial charge >= 0.3 is 0 Å². The van der Waals surface area contributed by atoms with Gasteiger partial charge in [0.25, 0.3) is 5.69 Å². The highest BCUT2D eigenvalue weighted by Crippen LogP contribution is 2.24. The van der Waals surface area contributed by atoms with E-state index in [1.165, 1.54) is 17.0 Å². The zero-order valence-corrected chi connectivity index (χ0v) is 12.7. The molecule has 0 amide bonds. The van der Waals surface area contributed by atoms with Crippen LogP contribution in [0.3, 0.4) is 0 Å². The van der Waals surface area contributed by atoms with E-state index in [9.17, 15) is 10.1 Å². The number of aryl methyl sites for hydroxylation is 1. The van der Waals surface area contributed by atoms with Crippen LogP contribution in [-0.2, 0) is 13.1 Å². The Morgan fingerprint density at radius 2 is 2.20 bits per heavy atom. The predicted octanol–water partition coefficient (Wildman–Crippen LogP) is 3.65. The van der Waals surface area contributed by atoms with Gasteiger partial charge in [-0.15, -0.1) is 11.3 Å². The molecule has 106 valence electrons. The average Bonchev–Trinajstić information content (AvgIpc) is 2.77. The van der Waals surface area contributed by atoms with Gasteiger partial charge < -0.3 is 0 Å². The van der Waals surface area contributed by atoms with E-state index in [0.717, 1.165) is 17.8 Å². The van der Waals surface area contributed by atoms with Crippen molar-refractivity contribution in [3.05, 3.63) is 55.0 Å². The van der Waals surface area contributed by atoms with Crippen LogP contribution in [0.2, 0.25) is 5.02 Å². The smallest absolute Gasteiger partial charge is 0.269 e. The predicted molar refractivity (Wildman–Crippen MR) is 80.1 cm³/mol. The van der Waals surface area contributed by atoms with Crippen LogP contribution in [0.1, 0.15) is 16.1 Å². The van der Waals surface area contributed by atoms with E-state index >= 15 is 0 Å². The molecule has 0 radical (unpaired) electrons. The van der Waals surface area contributed by atoms with Crippen molar-refractivity contribution < 1.29 is 4.92 Å². The lowest BCUT2D eigenvalue weighted by Crippen LogP contribution is -2.17. The fourth-order valence-corrected chi connectivity index (χ4v) is 2.90. The van der Waals surface area contributed by atoms with Crippen LogP contribution >= 0.6 is 22.9 Å². The number of halogens is 1. The van der Waals surface area contributed by atoms with Gasteiger partial charge in [0, 0.05) is 35.1 Å². The molecule has 1 aromatic carbocycles. The van der Waals surface area contributed by atoms with E-state index in [1.54, 1.807) is 17.4 Å². The lowest BCUT2D eigenvalue weighted by Gasteiger charge is -2.16. The third kappa shape index (κ3) is 3.53. The number of rotatable bonds is 5. The number of nitro benzene ring substituents is 1. The van der Waals surface area contributed by atoms with Gasteiger partial charge in [-0.1, -0.05) is 11.6 Å².